The van der Waals surface area contributed by atoms with E-state index in [4.69, 9.17) is 0 Å². The Bertz CT molecular complexity index is 333. The van der Waals surface area contributed by atoms with Crippen LogP contribution in [0, 0.1) is 0 Å². The summed E-state index contributed by atoms with van der Waals surface area (Å²) in [5.74, 6) is 0. The Hall–Kier alpha value is -1.03. The van der Waals surface area contributed by atoms with Gasteiger partial charge in [0.15, 0.2) is 0 Å². The highest BCUT2D eigenvalue weighted by Gasteiger charge is 2.18. The van der Waals surface area contributed by atoms with Crippen molar-refractivity contribution in [1.82, 2.24) is 14.5 Å². The molecule has 1 aromatic heterocycles. The number of hydrogen-bond donors (Lipinski definition) is 1. The third-order valence-electron chi connectivity index (χ3n) is 2.64. The van der Waals surface area contributed by atoms with Crippen LogP contribution >= 0.6 is 0 Å². The summed E-state index contributed by atoms with van der Waals surface area (Å²) in [6.45, 7) is 4.69. The summed E-state index contributed by atoms with van der Waals surface area (Å²) in [5.41, 5.74) is 0.121. The van der Waals surface area contributed by atoms with Crippen LogP contribution in [0.4, 0.5) is 0 Å². The van der Waals surface area contributed by atoms with Crippen LogP contribution in [0.2, 0.25) is 0 Å². The number of nitrogens with one attached hydrogen (secondary N) is 1. The summed E-state index contributed by atoms with van der Waals surface area (Å²) < 4.78 is 3.57. The van der Waals surface area contributed by atoms with Crippen molar-refractivity contribution in [2.75, 3.05) is 13.1 Å². The van der Waals surface area contributed by atoms with Crippen LogP contribution in [-0.4, -0.2) is 22.2 Å². The van der Waals surface area contributed by atoms with Gasteiger partial charge in [0.2, 0.25) is 0 Å². The van der Waals surface area contributed by atoms with Crippen molar-refractivity contribution in [3.05, 3.63) is 22.9 Å². The van der Waals surface area contributed by atoms with Crippen LogP contribution in [0.1, 0.15) is 19.4 Å². The minimum Gasteiger partial charge on any atom is -0.315 e. The zero-order valence-corrected chi connectivity index (χ0v) is 7.86. The Morgan fingerprint density at radius 1 is 1.62 bits per heavy atom. The molecule has 72 valence electrons. The number of rotatable bonds is 2. The normalized spacial score (nSPS) is 22.4. The second-order valence-electron chi connectivity index (χ2n) is 3.42. The van der Waals surface area contributed by atoms with Gasteiger partial charge in [-0.15, -0.1) is 0 Å². The van der Waals surface area contributed by atoms with Gasteiger partial charge in [0.25, 0.3) is 0 Å². The topological polar surface area (TPSA) is 39.0 Å². The third kappa shape index (κ3) is 1.42. The first-order chi connectivity index (χ1) is 6.33. The molecular formula is C9H15N3O. The van der Waals surface area contributed by atoms with E-state index in [9.17, 15) is 4.79 Å². The highest BCUT2D eigenvalue weighted by molar-refractivity contribution is 4.88. The summed E-state index contributed by atoms with van der Waals surface area (Å²) in [6, 6.07) is 0.361. The summed E-state index contributed by atoms with van der Waals surface area (Å²) in [5, 5.41) is 3.26. The zero-order chi connectivity index (χ0) is 9.26. The molecule has 4 heteroatoms. The van der Waals surface area contributed by atoms with Crippen molar-refractivity contribution >= 4 is 0 Å². The molecule has 1 aromatic rings. The minimum atomic E-state index is 0.121. The lowest BCUT2D eigenvalue weighted by atomic mass is 10.3. The largest absolute Gasteiger partial charge is 0.328 e. The maximum Gasteiger partial charge on any atom is 0.328 e. The molecule has 0 radical (unpaired) electrons. The van der Waals surface area contributed by atoms with Crippen LogP contribution in [0.25, 0.3) is 0 Å². The van der Waals surface area contributed by atoms with Crippen molar-refractivity contribution in [1.29, 1.82) is 0 Å². The summed E-state index contributed by atoms with van der Waals surface area (Å²) in [4.78, 5) is 11.7. The smallest absolute Gasteiger partial charge is 0.315 e. The van der Waals surface area contributed by atoms with E-state index in [1.54, 1.807) is 4.57 Å². The van der Waals surface area contributed by atoms with Crippen molar-refractivity contribution < 1.29 is 0 Å². The van der Waals surface area contributed by atoms with Gasteiger partial charge < -0.3 is 5.32 Å². The molecule has 1 aliphatic heterocycles. The van der Waals surface area contributed by atoms with Gasteiger partial charge in [0, 0.05) is 25.5 Å². The first-order valence-electron chi connectivity index (χ1n) is 4.81. The Balaban J connectivity index is 2.29. The number of hydrogen-bond acceptors (Lipinski definition) is 2. The van der Waals surface area contributed by atoms with Gasteiger partial charge in [-0.05, 0) is 19.9 Å². The van der Waals surface area contributed by atoms with E-state index in [-0.39, 0.29) is 5.69 Å². The predicted molar refractivity (Wildman–Crippen MR) is 50.9 cm³/mol. The molecule has 0 saturated carbocycles. The predicted octanol–water partition coefficient (Wildman–Crippen LogP) is 0.204. The molecule has 0 amide bonds. The van der Waals surface area contributed by atoms with Crippen LogP contribution in [0.5, 0.6) is 0 Å². The maximum atomic E-state index is 11.7. The quantitative estimate of drug-likeness (QED) is 0.708. The number of aryl methyl sites for hydroxylation is 1. The zero-order valence-electron chi connectivity index (χ0n) is 7.86. The van der Waals surface area contributed by atoms with Crippen molar-refractivity contribution in [3.8, 4) is 0 Å². The van der Waals surface area contributed by atoms with E-state index in [2.05, 4.69) is 5.32 Å². The first kappa shape index (κ1) is 8.56. The fourth-order valence-corrected chi connectivity index (χ4v) is 1.82. The van der Waals surface area contributed by atoms with E-state index < -0.39 is 0 Å². The Labute approximate surface area is 77.2 Å². The molecule has 1 N–H and O–H groups in total. The lowest BCUT2D eigenvalue weighted by Crippen LogP contribution is -2.27. The molecule has 1 aliphatic rings. The van der Waals surface area contributed by atoms with Crippen molar-refractivity contribution in [3.63, 3.8) is 0 Å². The van der Waals surface area contributed by atoms with E-state index in [1.807, 2.05) is 23.9 Å². The van der Waals surface area contributed by atoms with E-state index in [0.717, 1.165) is 26.1 Å². The summed E-state index contributed by atoms with van der Waals surface area (Å²) in [7, 11) is 0. The number of imidazole rings is 1. The number of nitrogens with zero attached hydrogens (tertiary/aromatic N) is 2. The van der Waals surface area contributed by atoms with Gasteiger partial charge in [-0.25, -0.2) is 4.79 Å². The minimum absolute atomic E-state index is 0.121. The average Bonchev–Trinajstić information content (AvgIpc) is 2.72. The van der Waals surface area contributed by atoms with Gasteiger partial charge in [0.05, 0.1) is 6.04 Å². The van der Waals surface area contributed by atoms with Gasteiger partial charge >= 0.3 is 5.69 Å². The van der Waals surface area contributed by atoms with Crippen LogP contribution in [0.15, 0.2) is 17.2 Å². The lowest BCUT2D eigenvalue weighted by Gasteiger charge is -2.07. The molecule has 1 unspecified atom stereocenters. The fraction of sp³-hybridized carbons (Fsp3) is 0.667. The molecule has 0 aromatic carbocycles. The van der Waals surface area contributed by atoms with E-state index in [1.165, 1.54) is 0 Å². The second-order valence-corrected chi connectivity index (χ2v) is 3.42. The van der Waals surface area contributed by atoms with Crippen molar-refractivity contribution in [2.45, 2.75) is 25.9 Å². The van der Waals surface area contributed by atoms with Crippen LogP contribution in [-0.2, 0) is 6.54 Å². The molecule has 13 heavy (non-hydrogen) atoms. The first-order valence-corrected chi connectivity index (χ1v) is 4.81. The monoisotopic (exact) mass is 181 g/mol. The molecule has 1 fully saturated rings. The molecule has 0 bridgehead atoms. The Kier molecular flexibility index (Phi) is 2.22. The maximum absolute atomic E-state index is 11.7. The molecule has 1 saturated heterocycles. The van der Waals surface area contributed by atoms with Gasteiger partial charge in [-0.1, -0.05) is 0 Å². The highest BCUT2D eigenvalue weighted by Crippen LogP contribution is 2.11. The number of aromatic nitrogens is 2. The molecular weight excluding hydrogens is 166 g/mol. The van der Waals surface area contributed by atoms with Crippen LogP contribution in [0.3, 0.4) is 0 Å². The second kappa shape index (κ2) is 3.38. The summed E-state index contributed by atoms with van der Waals surface area (Å²) >= 11 is 0. The molecule has 0 aliphatic carbocycles. The van der Waals surface area contributed by atoms with Crippen LogP contribution < -0.4 is 11.0 Å². The molecule has 2 rings (SSSR count). The Morgan fingerprint density at radius 2 is 2.46 bits per heavy atom. The standard InChI is InChI=1S/C9H15N3O/c1-2-11-5-6-12(9(11)13)8-3-4-10-7-8/h5-6,8,10H,2-4,7H2,1H3. The highest BCUT2D eigenvalue weighted by atomic mass is 16.1. The average molecular weight is 181 g/mol. The molecule has 0 spiro atoms. The Morgan fingerprint density at radius 3 is 3.00 bits per heavy atom. The lowest BCUT2D eigenvalue weighted by molar-refractivity contribution is 0.516. The summed E-state index contributed by atoms with van der Waals surface area (Å²) in [6.07, 6.45) is 4.82. The van der Waals surface area contributed by atoms with Gasteiger partial charge in [0.1, 0.15) is 0 Å². The molecule has 4 nitrogen and oxygen atoms in total. The molecule has 1 atom stereocenters. The van der Waals surface area contributed by atoms with E-state index >= 15 is 0 Å². The molecule has 2 heterocycles. The SMILES string of the molecule is CCn1ccn(C2CCNC2)c1=O. The fourth-order valence-electron chi connectivity index (χ4n) is 1.82. The van der Waals surface area contributed by atoms with Crippen molar-refractivity contribution in [2.24, 2.45) is 0 Å². The van der Waals surface area contributed by atoms with Gasteiger partial charge in [-0.3, -0.25) is 9.13 Å². The van der Waals surface area contributed by atoms with E-state index in [0.29, 0.717) is 6.04 Å². The van der Waals surface area contributed by atoms with Gasteiger partial charge in [-0.2, -0.15) is 0 Å². The third-order valence-corrected chi connectivity index (χ3v) is 2.64.